The fourth-order valence-electron chi connectivity index (χ4n) is 5.51. The van der Waals surface area contributed by atoms with Crippen molar-refractivity contribution in [3.63, 3.8) is 0 Å². The standard InChI is InChI=1S/C28H31NO6S/c1-16-24(28(31)35-15-18-7-5-11-34-18)25(19-8-4-9-22(32-2)27(19)33-3)26-20(29-16)13-17(14-21(26)30)23-10-6-12-36-23/h4,6,8-10,12,17-18,25,29H,5,7,11,13-15H2,1-3H3/t17-,18-,25-/m0/s1. The smallest absolute Gasteiger partial charge is 0.336 e. The number of methoxy groups -OCH3 is 2. The second-order valence-corrected chi connectivity index (χ2v) is 10.3. The highest BCUT2D eigenvalue weighted by Crippen LogP contribution is 2.49. The number of carbonyl (C=O) groups is 2. The summed E-state index contributed by atoms with van der Waals surface area (Å²) in [5.74, 6) is 0.0980. The number of Topliss-reactive ketones (excluding diaryl/α,β-unsaturated/α-hetero) is 1. The van der Waals surface area contributed by atoms with Gasteiger partial charge in [0.05, 0.1) is 31.8 Å². The van der Waals surface area contributed by atoms with Crippen LogP contribution in [0.5, 0.6) is 11.5 Å². The maximum Gasteiger partial charge on any atom is 0.336 e. The number of benzene rings is 1. The van der Waals surface area contributed by atoms with E-state index in [2.05, 4.69) is 11.4 Å². The van der Waals surface area contributed by atoms with Gasteiger partial charge in [0.15, 0.2) is 17.3 Å². The van der Waals surface area contributed by atoms with Gasteiger partial charge >= 0.3 is 5.97 Å². The van der Waals surface area contributed by atoms with E-state index in [4.69, 9.17) is 18.9 Å². The minimum absolute atomic E-state index is 0.0222. The molecule has 7 nitrogen and oxygen atoms in total. The molecule has 1 N–H and O–H groups in total. The van der Waals surface area contributed by atoms with Crippen LogP contribution in [0.1, 0.15) is 54.9 Å². The molecular formula is C28H31NO6S. The molecule has 1 aliphatic carbocycles. The van der Waals surface area contributed by atoms with Crippen molar-refractivity contribution in [2.24, 2.45) is 0 Å². The predicted octanol–water partition coefficient (Wildman–Crippen LogP) is 4.85. The summed E-state index contributed by atoms with van der Waals surface area (Å²) in [5, 5.41) is 5.44. The number of para-hydroxylation sites is 1. The Labute approximate surface area is 215 Å². The number of dihydropyridines is 1. The van der Waals surface area contributed by atoms with Gasteiger partial charge in [0.2, 0.25) is 0 Å². The topological polar surface area (TPSA) is 83.1 Å². The van der Waals surface area contributed by atoms with Crippen LogP contribution in [-0.2, 0) is 19.1 Å². The number of hydrogen-bond donors (Lipinski definition) is 1. The molecule has 3 aliphatic rings. The summed E-state index contributed by atoms with van der Waals surface area (Å²) in [4.78, 5) is 28.5. The van der Waals surface area contributed by atoms with Gasteiger partial charge in [0.25, 0.3) is 0 Å². The molecule has 2 aromatic rings. The molecule has 0 bridgehead atoms. The van der Waals surface area contributed by atoms with Gasteiger partial charge in [-0.3, -0.25) is 4.79 Å². The fraction of sp³-hybridized carbons (Fsp3) is 0.429. The third kappa shape index (κ3) is 4.55. The van der Waals surface area contributed by atoms with Gasteiger partial charge in [0, 0.05) is 46.4 Å². The minimum Gasteiger partial charge on any atom is -0.493 e. The molecule has 2 aliphatic heterocycles. The molecule has 0 unspecified atom stereocenters. The highest BCUT2D eigenvalue weighted by atomic mass is 32.1. The van der Waals surface area contributed by atoms with Gasteiger partial charge < -0.3 is 24.3 Å². The van der Waals surface area contributed by atoms with Gasteiger partial charge in [0.1, 0.15) is 6.61 Å². The summed E-state index contributed by atoms with van der Waals surface area (Å²) in [6.45, 7) is 2.74. The number of nitrogens with one attached hydrogen (secondary N) is 1. The predicted molar refractivity (Wildman–Crippen MR) is 136 cm³/mol. The molecular weight excluding hydrogens is 478 g/mol. The van der Waals surface area contributed by atoms with Crippen LogP contribution >= 0.6 is 11.3 Å². The molecule has 8 heteroatoms. The number of rotatable bonds is 7. The second kappa shape index (κ2) is 10.5. The van der Waals surface area contributed by atoms with E-state index in [9.17, 15) is 9.59 Å². The number of carbonyl (C=O) groups excluding carboxylic acids is 2. The van der Waals surface area contributed by atoms with Gasteiger partial charge in [-0.1, -0.05) is 18.2 Å². The van der Waals surface area contributed by atoms with Crippen molar-refractivity contribution in [2.45, 2.75) is 50.5 Å². The van der Waals surface area contributed by atoms with Crippen molar-refractivity contribution in [3.8, 4) is 11.5 Å². The first-order valence-electron chi connectivity index (χ1n) is 12.3. The van der Waals surface area contributed by atoms with E-state index in [0.717, 1.165) is 18.5 Å². The van der Waals surface area contributed by atoms with Crippen molar-refractivity contribution < 1.29 is 28.5 Å². The molecule has 3 heterocycles. The Bertz CT molecular complexity index is 1210. The van der Waals surface area contributed by atoms with Gasteiger partial charge in [-0.25, -0.2) is 4.79 Å². The van der Waals surface area contributed by atoms with E-state index in [1.165, 1.54) is 4.88 Å². The summed E-state index contributed by atoms with van der Waals surface area (Å²) in [6.07, 6.45) is 2.83. The maximum absolute atomic E-state index is 13.8. The molecule has 1 aromatic carbocycles. The molecule has 5 rings (SSSR count). The average molecular weight is 510 g/mol. The summed E-state index contributed by atoms with van der Waals surface area (Å²) in [5.41, 5.74) is 3.26. The highest BCUT2D eigenvalue weighted by Gasteiger charge is 2.43. The van der Waals surface area contributed by atoms with Gasteiger partial charge in [-0.15, -0.1) is 11.3 Å². The molecule has 3 atom stereocenters. The van der Waals surface area contributed by atoms with Crippen LogP contribution in [0, 0.1) is 0 Å². The fourth-order valence-corrected chi connectivity index (χ4v) is 6.34. The van der Waals surface area contributed by atoms with E-state index in [1.54, 1.807) is 31.6 Å². The van der Waals surface area contributed by atoms with Crippen molar-refractivity contribution in [2.75, 3.05) is 27.4 Å². The SMILES string of the molecule is COc1cccc([C@H]2C(C(=O)OC[C@@H]3CCCO3)=C(C)NC3=C2C(=O)C[C@@H](c2cccs2)C3)c1OC. The Kier molecular flexibility index (Phi) is 7.16. The van der Waals surface area contributed by atoms with Crippen LogP contribution in [0.2, 0.25) is 0 Å². The van der Waals surface area contributed by atoms with E-state index in [0.29, 0.717) is 53.4 Å². The molecule has 0 saturated carbocycles. The lowest BCUT2D eigenvalue weighted by Crippen LogP contribution is -2.36. The van der Waals surface area contributed by atoms with Crippen LogP contribution in [0.3, 0.4) is 0 Å². The van der Waals surface area contributed by atoms with Crippen molar-refractivity contribution in [1.29, 1.82) is 0 Å². The first kappa shape index (κ1) is 24.6. The zero-order valence-corrected chi connectivity index (χ0v) is 21.6. The van der Waals surface area contributed by atoms with Crippen LogP contribution in [-0.4, -0.2) is 45.3 Å². The average Bonchev–Trinajstić information content (AvgIpc) is 3.60. The number of allylic oxidation sites excluding steroid dienone is 3. The zero-order chi connectivity index (χ0) is 25.2. The first-order valence-corrected chi connectivity index (χ1v) is 13.2. The van der Waals surface area contributed by atoms with Crippen LogP contribution in [0.25, 0.3) is 0 Å². The van der Waals surface area contributed by atoms with Gasteiger partial charge in [-0.2, -0.15) is 0 Å². The quantitative estimate of drug-likeness (QED) is 0.534. The molecule has 1 fully saturated rings. The number of ether oxygens (including phenoxy) is 4. The van der Waals surface area contributed by atoms with Crippen LogP contribution in [0.15, 0.2) is 58.3 Å². The number of hydrogen-bond acceptors (Lipinski definition) is 8. The van der Waals surface area contributed by atoms with Crippen molar-refractivity contribution in [3.05, 3.63) is 68.7 Å². The molecule has 1 aromatic heterocycles. The number of ketones is 1. The highest BCUT2D eigenvalue weighted by molar-refractivity contribution is 7.10. The molecule has 0 radical (unpaired) electrons. The normalized spacial score (nSPS) is 23.9. The lowest BCUT2D eigenvalue weighted by molar-refractivity contribution is -0.142. The first-order chi connectivity index (χ1) is 17.5. The third-order valence-electron chi connectivity index (χ3n) is 7.16. The van der Waals surface area contributed by atoms with E-state index >= 15 is 0 Å². The molecule has 0 spiro atoms. The molecule has 190 valence electrons. The van der Waals surface area contributed by atoms with Crippen molar-refractivity contribution in [1.82, 2.24) is 5.32 Å². The third-order valence-corrected chi connectivity index (χ3v) is 8.20. The van der Waals surface area contributed by atoms with E-state index in [-0.39, 0.29) is 24.4 Å². The Morgan fingerprint density at radius 1 is 1.17 bits per heavy atom. The lowest BCUT2D eigenvalue weighted by Gasteiger charge is -2.37. The molecule has 0 amide bonds. The van der Waals surface area contributed by atoms with Gasteiger partial charge in [-0.05, 0) is 43.7 Å². The Morgan fingerprint density at radius 3 is 2.72 bits per heavy atom. The monoisotopic (exact) mass is 509 g/mol. The largest absolute Gasteiger partial charge is 0.493 e. The lowest BCUT2D eigenvalue weighted by atomic mass is 9.72. The summed E-state index contributed by atoms with van der Waals surface area (Å²) < 4.78 is 22.7. The van der Waals surface area contributed by atoms with Crippen molar-refractivity contribution >= 4 is 23.1 Å². The second-order valence-electron chi connectivity index (χ2n) is 9.35. The Balaban J connectivity index is 1.57. The number of thiophene rings is 1. The summed E-state index contributed by atoms with van der Waals surface area (Å²) in [7, 11) is 3.14. The summed E-state index contributed by atoms with van der Waals surface area (Å²) >= 11 is 1.67. The Hall–Kier alpha value is -3.10. The van der Waals surface area contributed by atoms with E-state index < -0.39 is 11.9 Å². The Morgan fingerprint density at radius 2 is 2.03 bits per heavy atom. The summed E-state index contributed by atoms with van der Waals surface area (Å²) in [6, 6.07) is 9.64. The minimum atomic E-state index is -0.625. The number of esters is 1. The van der Waals surface area contributed by atoms with Crippen LogP contribution < -0.4 is 14.8 Å². The van der Waals surface area contributed by atoms with Crippen LogP contribution in [0.4, 0.5) is 0 Å². The van der Waals surface area contributed by atoms with E-state index in [1.807, 2.05) is 30.5 Å². The molecule has 36 heavy (non-hydrogen) atoms. The molecule has 1 saturated heterocycles. The zero-order valence-electron chi connectivity index (χ0n) is 20.8. The maximum atomic E-state index is 13.8.